The molecule has 0 bridgehead atoms. The Hall–Kier alpha value is -1.92. The molecule has 8 unspecified atom stereocenters. The molecular weight excluding hydrogens is 412 g/mol. The fourth-order valence-electron chi connectivity index (χ4n) is 8.00. The predicted molar refractivity (Wildman–Crippen MR) is 114 cm³/mol. The molecule has 4 aliphatic rings. The van der Waals surface area contributed by atoms with Gasteiger partial charge in [-0.25, -0.2) is 0 Å². The van der Waals surface area contributed by atoms with Crippen LogP contribution in [0, 0.1) is 34.5 Å². The van der Waals surface area contributed by atoms with Crippen LogP contribution in [-0.4, -0.2) is 42.5 Å². The van der Waals surface area contributed by atoms with Crippen molar-refractivity contribution in [2.75, 3.05) is 6.61 Å². The first-order valence-corrected chi connectivity index (χ1v) is 12.0. The molecule has 4 rings (SSSR count). The highest BCUT2D eigenvalue weighted by atomic mass is 16.5. The third-order valence-corrected chi connectivity index (χ3v) is 9.17. The Bertz CT molecular complexity index is 806. The molecule has 0 spiro atoms. The van der Waals surface area contributed by atoms with E-state index in [-0.39, 0.29) is 64.5 Å². The van der Waals surface area contributed by atoms with E-state index in [0.29, 0.717) is 31.8 Å². The fraction of sp³-hybridized carbons (Fsp3) is 0.840. The van der Waals surface area contributed by atoms with Crippen molar-refractivity contribution in [3.63, 3.8) is 0 Å². The molecule has 178 valence electrons. The van der Waals surface area contributed by atoms with Gasteiger partial charge in [0.2, 0.25) is 0 Å². The van der Waals surface area contributed by atoms with Crippen LogP contribution in [0.3, 0.4) is 0 Å². The SMILES string of the molecule is CC(=O)OCC12CCC3C(CC(OC(C)=O)C4CC(=O)CCC43C)C1CC(OC(C)=O)C2. The van der Waals surface area contributed by atoms with E-state index in [4.69, 9.17) is 14.2 Å². The van der Waals surface area contributed by atoms with Crippen molar-refractivity contribution in [1.29, 1.82) is 0 Å². The Balaban J connectivity index is 1.67. The van der Waals surface area contributed by atoms with Crippen molar-refractivity contribution in [2.24, 2.45) is 34.5 Å². The van der Waals surface area contributed by atoms with E-state index >= 15 is 0 Å². The average Bonchev–Trinajstić information content (AvgIpc) is 3.05. The lowest BCUT2D eigenvalue weighted by Gasteiger charge is -2.61. The van der Waals surface area contributed by atoms with E-state index in [1.807, 2.05) is 0 Å². The minimum Gasteiger partial charge on any atom is -0.465 e. The van der Waals surface area contributed by atoms with Gasteiger partial charge in [-0.05, 0) is 61.7 Å². The molecule has 0 N–H and O–H groups in total. The molecule has 7 heteroatoms. The number of rotatable bonds is 4. The van der Waals surface area contributed by atoms with E-state index in [2.05, 4.69) is 6.92 Å². The van der Waals surface area contributed by atoms with Gasteiger partial charge in [-0.2, -0.15) is 0 Å². The molecule has 0 heterocycles. The number of ether oxygens (including phenoxy) is 3. The van der Waals surface area contributed by atoms with Crippen molar-refractivity contribution >= 4 is 23.7 Å². The largest absolute Gasteiger partial charge is 0.465 e. The van der Waals surface area contributed by atoms with Crippen LogP contribution in [0.5, 0.6) is 0 Å². The molecule has 32 heavy (non-hydrogen) atoms. The quantitative estimate of drug-likeness (QED) is 0.479. The van der Waals surface area contributed by atoms with E-state index in [1.54, 1.807) is 0 Å². The lowest BCUT2D eigenvalue weighted by Crippen LogP contribution is -2.58. The Kier molecular flexibility index (Phi) is 6.14. The zero-order valence-electron chi connectivity index (χ0n) is 19.7. The number of ketones is 1. The van der Waals surface area contributed by atoms with Crippen LogP contribution in [0.2, 0.25) is 0 Å². The third kappa shape index (κ3) is 4.08. The van der Waals surface area contributed by atoms with Crippen LogP contribution >= 0.6 is 0 Å². The molecule has 8 atom stereocenters. The Labute approximate surface area is 189 Å². The molecule has 0 aliphatic heterocycles. The monoisotopic (exact) mass is 448 g/mol. The zero-order chi connectivity index (χ0) is 23.3. The standard InChI is InChI=1S/C25H36O7/c1-14(26)30-13-25-8-6-20-19(21(25)10-18(12-25)31-15(2)27)11-23(32-16(3)28)22-9-17(29)5-7-24(20,22)4/h18-23H,5-13H2,1-4H3. The predicted octanol–water partition coefficient (Wildman–Crippen LogP) is 3.61. The maximum absolute atomic E-state index is 12.3. The van der Waals surface area contributed by atoms with Gasteiger partial charge >= 0.3 is 17.9 Å². The summed E-state index contributed by atoms with van der Waals surface area (Å²) in [5, 5.41) is 0. The first-order chi connectivity index (χ1) is 15.0. The Morgan fingerprint density at radius 2 is 1.66 bits per heavy atom. The number of esters is 3. The summed E-state index contributed by atoms with van der Waals surface area (Å²) in [6, 6.07) is 0. The average molecular weight is 449 g/mol. The van der Waals surface area contributed by atoms with Crippen LogP contribution in [-0.2, 0) is 33.4 Å². The van der Waals surface area contributed by atoms with Crippen LogP contribution < -0.4 is 0 Å². The van der Waals surface area contributed by atoms with Crippen LogP contribution in [0.4, 0.5) is 0 Å². The minimum atomic E-state index is -0.306. The maximum atomic E-state index is 12.3. The summed E-state index contributed by atoms with van der Waals surface area (Å²) < 4.78 is 17.0. The second-order valence-corrected chi connectivity index (χ2v) is 11.0. The topological polar surface area (TPSA) is 96.0 Å². The van der Waals surface area contributed by atoms with Gasteiger partial charge in [0.1, 0.15) is 18.0 Å². The molecule has 0 aromatic rings. The van der Waals surface area contributed by atoms with E-state index in [1.165, 1.54) is 20.8 Å². The summed E-state index contributed by atoms with van der Waals surface area (Å²) in [7, 11) is 0. The molecule has 4 aliphatic carbocycles. The smallest absolute Gasteiger partial charge is 0.302 e. The fourth-order valence-corrected chi connectivity index (χ4v) is 8.00. The van der Waals surface area contributed by atoms with Gasteiger partial charge in [-0.15, -0.1) is 0 Å². The maximum Gasteiger partial charge on any atom is 0.302 e. The Morgan fingerprint density at radius 3 is 2.31 bits per heavy atom. The molecule has 0 radical (unpaired) electrons. The number of hydrogen-bond donors (Lipinski definition) is 0. The lowest BCUT2D eigenvalue weighted by atomic mass is 9.44. The summed E-state index contributed by atoms with van der Waals surface area (Å²) >= 11 is 0. The molecular formula is C25H36O7. The van der Waals surface area contributed by atoms with Gasteiger partial charge in [0.15, 0.2) is 0 Å². The van der Waals surface area contributed by atoms with Gasteiger partial charge in [0.05, 0.1) is 6.61 Å². The summed E-state index contributed by atoms with van der Waals surface area (Å²) in [4.78, 5) is 47.7. The van der Waals surface area contributed by atoms with Gasteiger partial charge in [0, 0.05) is 44.9 Å². The van der Waals surface area contributed by atoms with Gasteiger partial charge in [-0.1, -0.05) is 6.92 Å². The molecule has 4 fully saturated rings. The van der Waals surface area contributed by atoms with Crippen molar-refractivity contribution < 1.29 is 33.4 Å². The van der Waals surface area contributed by atoms with Crippen molar-refractivity contribution in [3.05, 3.63) is 0 Å². The highest BCUT2D eigenvalue weighted by Crippen LogP contribution is 2.66. The zero-order valence-corrected chi connectivity index (χ0v) is 19.7. The molecule has 0 amide bonds. The van der Waals surface area contributed by atoms with E-state index < -0.39 is 0 Å². The number of Topliss-reactive ketones (excluding diaryl/α,β-unsaturated/α-hetero) is 1. The Morgan fingerprint density at radius 1 is 0.938 bits per heavy atom. The van der Waals surface area contributed by atoms with Crippen LogP contribution in [0.25, 0.3) is 0 Å². The molecule has 0 aromatic carbocycles. The number of hydrogen-bond acceptors (Lipinski definition) is 7. The van der Waals surface area contributed by atoms with Crippen molar-refractivity contribution in [2.45, 2.75) is 91.3 Å². The number of carbonyl (C=O) groups is 4. The lowest BCUT2D eigenvalue weighted by molar-refractivity contribution is -0.189. The number of fused-ring (bicyclic) bond motifs is 5. The number of carbonyl (C=O) groups excluding carboxylic acids is 4. The summed E-state index contributed by atoms with van der Waals surface area (Å²) in [5.41, 5.74) is -0.286. The van der Waals surface area contributed by atoms with Gasteiger partial charge in [0.25, 0.3) is 0 Å². The summed E-state index contributed by atoms with van der Waals surface area (Å²) in [6.45, 7) is 6.93. The molecule has 0 saturated heterocycles. The molecule has 7 nitrogen and oxygen atoms in total. The van der Waals surface area contributed by atoms with Gasteiger partial charge in [-0.3, -0.25) is 19.2 Å². The first-order valence-electron chi connectivity index (χ1n) is 12.0. The third-order valence-electron chi connectivity index (χ3n) is 9.17. The summed E-state index contributed by atoms with van der Waals surface area (Å²) in [5.74, 6) is 0.345. The summed E-state index contributed by atoms with van der Waals surface area (Å²) in [6.07, 6.45) is 5.50. The second kappa shape index (κ2) is 8.45. The minimum absolute atomic E-state index is 0.0561. The van der Waals surface area contributed by atoms with Gasteiger partial charge < -0.3 is 14.2 Å². The highest BCUT2D eigenvalue weighted by molar-refractivity contribution is 5.80. The second-order valence-electron chi connectivity index (χ2n) is 11.0. The highest BCUT2D eigenvalue weighted by Gasteiger charge is 2.64. The normalized spacial score (nSPS) is 42.8. The van der Waals surface area contributed by atoms with E-state index in [0.717, 1.165) is 32.1 Å². The van der Waals surface area contributed by atoms with Crippen molar-refractivity contribution in [3.8, 4) is 0 Å². The first kappa shape index (κ1) is 23.2. The van der Waals surface area contributed by atoms with E-state index in [9.17, 15) is 19.2 Å². The molecule has 4 saturated carbocycles. The molecule has 0 aromatic heterocycles. The van der Waals surface area contributed by atoms with Crippen LogP contribution in [0.15, 0.2) is 0 Å². The van der Waals surface area contributed by atoms with Crippen molar-refractivity contribution in [1.82, 2.24) is 0 Å². The van der Waals surface area contributed by atoms with Crippen LogP contribution in [0.1, 0.15) is 79.1 Å².